The van der Waals surface area contributed by atoms with Gasteiger partial charge in [-0.05, 0) is 66.2 Å². The van der Waals surface area contributed by atoms with Gasteiger partial charge in [0.1, 0.15) is 11.6 Å². The van der Waals surface area contributed by atoms with Crippen LogP contribution in [0.15, 0.2) is 71.8 Å². The van der Waals surface area contributed by atoms with E-state index in [2.05, 4.69) is 15.8 Å². The lowest BCUT2D eigenvalue weighted by molar-refractivity contribution is -0.120. The second-order valence-corrected chi connectivity index (χ2v) is 7.01. The maximum Gasteiger partial charge on any atom is 0.343 e. The van der Waals surface area contributed by atoms with E-state index >= 15 is 0 Å². The molecule has 0 heterocycles. The van der Waals surface area contributed by atoms with Crippen LogP contribution in [0.4, 0.5) is 4.39 Å². The number of nitrogens with zero attached hydrogens (tertiary/aromatic N) is 1. The van der Waals surface area contributed by atoms with Crippen LogP contribution in [0.3, 0.4) is 0 Å². The Kier molecular flexibility index (Phi) is 8.49. The fraction of sp³-hybridized carbons (Fsp3) is 0.120. The van der Waals surface area contributed by atoms with Crippen LogP contribution in [0.2, 0.25) is 0 Å². The molecule has 0 aliphatic heterocycles. The minimum absolute atomic E-state index is 0.0940. The van der Waals surface area contributed by atoms with E-state index in [1.54, 1.807) is 24.3 Å². The van der Waals surface area contributed by atoms with Gasteiger partial charge in [0.25, 0.3) is 11.8 Å². The van der Waals surface area contributed by atoms with Crippen molar-refractivity contribution in [2.24, 2.45) is 5.10 Å². The molecule has 10 heteroatoms. The van der Waals surface area contributed by atoms with Crippen molar-refractivity contribution in [1.29, 1.82) is 0 Å². The highest BCUT2D eigenvalue weighted by Crippen LogP contribution is 2.27. The smallest absolute Gasteiger partial charge is 0.343 e. The van der Waals surface area contributed by atoms with E-state index in [-0.39, 0.29) is 17.9 Å². The number of rotatable bonds is 9. The van der Waals surface area contributed by atoms with Gasteiger partial charge in [-0.3, -0.25) is 9.59 Å². The van der Waals surface area contributed by atoms with Gasteiger partial charge in [0.2, 0.25) is 0 Å². The maximum absolute atomic E-state index is 13.2. The standard InChI is InChI=1S/C25H22FN3O6/c1-33-21-11-8-17(13-22(21)34-2)24(31)27-15-23(30)29-28-14-16-6-9-20(10-7-16)35-25(32)18-4-3-5-19(26)12-18/h3-14H,15H2,1-2H3,(H,27,31)(H,29,30)/b28-14-. The summed E-state index contributed by atoms with van der Waals surface area (Å²) in [5, 5.41) is 6.31. The van der Waals surface area contributed by atoms with E-state index in [0.29, 0.717) is 22.6 Å². The van der Waals surface area contributed by atoms with Gasteiger partial charge in [0.05, 0.1) is 32.5 Å². The molecule has 9 nitrogen and oxygen atoms in total. The number of halogens is 1. The van der Waals surface area contributed by atoms with Gasteiger partial charge < -0.3 is 19.5 Å². The highest BCUT2D eigenvalue weighted by Gasteiger charge is 2.12. The molecule has 0 saturated heterocycles. The van der Waals surface area contributed by atoms with Crippen molar-refractivity contribution < 1.29 is 33.0 Å². The number of esters is 1. The molecule has 35 heavy (non-hydrogen) atoms. The number of carbonyl (C=O) groups excluding carboxylic acids is 3. The zero-order valence-electron chi connectivity index (χ0n) is 18.9. The highest BCUT2D eigenvalue weighted by molar-refractivity contribution is 5.97. The molecule has 2 amide bonds. The summed E-state index contributed by atoms with van der Waals surface area (Å²) in [6, 6.07) is 16.1. The highest BCUT2D eigenvalue weighted by atomic mass is 19.1. The first-order chi connectivity index (χ1) is 16.9. The quantitative estimate of drug-likeness (QED) is 0.211. The first-order valence-corrected chi connectivity index (χ1v) is 10.3. The fourth-order valence-electron chi connectivity index (χ4n) is 2.86. The number of benzene rings is 3. The summed E-state index contributed by atoms with van der Waals surface area (Å²) in [7, 11) is 2.94. The van der Waals surface area contributed by atoms with Crippen molar-refractivity contribution >= 4 is 24.0 Å². The third kappa shape index (κ3) is 7.13. The molecule has 0 saturated carbocycles. The van der Waals surface area contributed by atoms with E-state index in [0.717, 1.165) is 6.07 Å². The molecule has 0 aliphatic rings. The molecule has 0 radical (unpaired) electrons. The van der Waals surface area contributed by atoms with Crippen LogP contribution in [-0.2, 0) is 4.79 Å². The maximum atomic E-state index is 13.2. The van der Waals surface area contributed by atoms with Gasteiger partial charge in [-0.1, -0.05) is 6.07 Å². The molecule has 0 bridgehead atoms. The topological polar surface area (TPSA) is 115 Å². The molecular formula is C25H22FN3O6. The Morgan fingerprint density at radius 2 is 1.66 bits per heavy atom. The van der Waals surface area contributed by atoms with Gasteiger partial charge >= 0.3 is 5.97 Å². The van der Waals surface area contributed by atoms with E-state index in [4.69, 9.17) is 14.2 Å². The minimum atomic E-state index is -0.687. The van der Waals surface area contributed by atoms with Gasteiger partial charge in [0.15, 0.2) is 11.5 Å². The zero-order valence-corrected chi connectivity index (χ0v) is 18.9. The number of carbonyl (C=O) groups is 3. The Hall–Kier alpha value is -4.73. The molecule has 0 aromatic heterocycles. The van der Waals surface area contributed by atoms with Crippen molar-refractivity contribution in [2.75, 3.05) is 20.8 Å². The average Bonchev–Trinajstić information content (AvgIpc) is 2.87. The number of amides is 2. The second kappa shape index (κ2) is 11.9. The molecule has 0 unspecified atom stereocenters. The van der Waals surface area contributed by atoms with Crippen LogP contribution in [-0.4, -0.2) is 44.8 Å². The van der Waals surface area contributed by atoms with E-state index in [1.807, 2.05) is 0 Å². The van der Waals surface area contributed by atoms with E-state index < -0.39 is 23.6 Å². The summed E-state index contributed by atoms with van der Waals surface area (Å²) in [6.45, 7) is -0.292. The van der Waals surface area contributed by atoms with Gasteiger partial charge in [-0.25, -0.2) is 14.6 Å². The number of hydrazone groups is 1. The lowest BCUT2D eigenvalue weighted by atomic mass is 10.2. The zero-order chi connectivity index (χ0) is 25.2. The number of nitrogens with one attached hydrogen (secondary N) is 2. The predicted molar refractivity (Wildman–Crippen MR) is 125 cm³/mol. The number of hydrogen-bond donors (Lipinski definition) is 2. The SMILES string of the molecule is COc1ccc(C(=O)NCC(=O)N/N=C\c2ccc(OC(=O)c3cccc(F)c3)cc2)cc1OC. The van der Waals surface area contributed by atoms with E-state index in [1.165, 1.54) is 56.8 Å². The average molecular weight is 479 g/mol. The van der Waals surface area contributed by atoms with Crippen LogP contribution in [0.1, 0.15) is 26.3 Å². The molecule has 3 rings (SSSR count). The molecule has 2 N–H and O–H groups in total. The Morgan fingerprint density at radius 1 is 0.914 bits per heavy atom. The minimum Gasteiger partial charge on any atom is -0.493 e. The molecule has 180 valence electrons. The third-order valence-electron chi connectivity index (χ3n) is 4.61. The normalized spacial score (nSPS) is 10.5. The van der Waals surface area contributed by atoms with Crippen LogP contribution >= 0.6 is 0 Å². The third-order valence-corrected chi connectivity index (χ3v) is 4.61. The monoisotopic (exact) mass is 479 g/mol. The second-order valence-electron chi connectivity index (χ2n) is 7.01. The summed E-state index contributed by atoms with van der Waals surface area (Å²) in [6.07, 6.45) is 1.38. The Balaban J connectivity index is 1.46. The molecular weight excluding hydrogens is 457 g/mol. The Bertz CT molecular complexity index is 1240. The Labute approximate surface area is 200 Å². The van der Waals surface area contributed by atoms with Crippen LogP contribution in [0.5, 0.6) is 17.2 Å². The van der Waals surface area contributed by atoms with Gasteiger partial charge in [-0.2, -0.15) is 5.10 Å². The van der Waals surface area contributed by atoms with Gasteiger partial charge in [0, 0.05) is 5.56 Å². The van der Waals surface area contributed by atoms with E-state index in [9.17, 15) is 18.8 Å². The van der Waals surface area contributed by atoms with Crippen molar-refractivity contribution in [3.63, 3.8) is 0 Å². The summed E-state index contributed by atoms with van der Waals surface area (Å²) in [4.78, 5) is 36.3. The summed E-state index contributed by atoms with van der Waals surface area (Å²) in [5.74, 6) is -1.08. The predicted octanol–water partition coefficient (Wildman–Crippen LogP) is 2.94. The fourth-order valence-corrected chi connectivity index (χ4v) is 2.86. The molecule has 3 aromatic carbocycles. The lowest BCUT2D eigenvalue weighted by Gasteiger charge is -2.09. The molecule has 0 spiro atoms. The van der Waals surface area contributed by atoms with Gasteiger partial charge in [-0.15, -0.1) is 0 Å². The first-order valence-electron chi connectivity index (χ1n) is 10.3. The lowest BCUT2D eigenvalue weighted by Crippen LogP contribution is -2.34. The Morgan fingerprint density at radius 3 is 2.34 bits per heavy atom. The summed E-state index contributed by atoms with van der Waals surface area (Å²) in [5.41, 5.74) is 3.32. The van der Waals surface area contributed by atoms with Crippen molar-refractivity contribution in [3.05, 3.63) is 89.2 Å². The van der Waals surface area contributed by atoms with Crippen LogP contribution in [0, 0.1) is 5.82 Å². The van der Waals surface area contributed by atoms with Crippen molar-refractivity contribution in [1.82, 2.24) is 10.7 Å². The molecule has 0 atom stereocenters. The van der Waals surface area contributed by atoms with Crippen LogP contribution < -0.4 is 25.0 Å². The molecule has 3 aromatic rings. The number of methoxy groups -OCH3 is 2. The van der Waals surface area contributed by atoms with Crippen molar-refractivity contribution in [2.45, 2.75) is 0 Å². The van der Waals surface area contributed by atoms with Crippen molar-refractivity contribution in [3.8, 4) is 17.2 Å². The van der Waals surface area contributed by atoms with Crippen LogP contribution in [0.25, 0.3) is 0 Å². The number of ether oxygens (including phenoxy) is 3. The molecule has 0 fully saturated rings. The largest absolute Gasteiger partial charge is 0.493 e. The summed E-state index contributed by atoms with van der Waals surface area (Å²) >= 11 is 0. The molecule has 0 aliphatic carbocycles. The number of hydrogen-bond acceptors (Lipinski definition) is 7. The summed E-state index contributed by atoms with van der Waals surface area (Å²) < 4.78 is 28.7. The first kappa shape index (κ1) is 24.9.